The second-order valence-corrected chi connectivity index (χ2v) is 10.5. The number of hydrogen-bond acceptors (Lipinski definition) is 7. The van der Waals surface area contributed by atoms with E-state index in [1.54, 1.807) is 45.4 Å². The van der Waals surface area contributed by atoms with Gasteiger partial charge in [0.15, 0.2) is 0 Å². The zero-order valence-corrected chi connectivity index (χ0v) is 22.4. The lowest BCUT2D eigenvalue weighted by Crippen LogP contribution is -2.27. The van der Waals surface area contributed by atoms with Crippen LogP contribution in [0.4, 0.5) is 29.5 Å². The predicted octanol–water partition coefficient (Wildman–Crippen LogP) is 6.93. The van der Waals surface area contributed by atoms with Crippen molar-refractivity contribution in [3.8, 4) is 11.3 Å². The van der Waals surface area contributed by atoms with Gasteiger partial charge >= 0.3 is 12.3 Å². The lowest BCUT2D eigenvalue weighted by atomic mass is 10.2. The van der Waals surface area contributed by atoms with Gasteiger partial charge in [0.2, 0.25) is 0 Å². The average Bonchev–Trinajstić information content (AvgIpc) is 3.44. The van der Waals surface area contributed by atoms with Crippen LogP contribution in [0.5, 0.6) is 0 Å². The van der Waals surface area contributed by atoms with E-state index in [4.69, 9.17) is 4.74 Å². The largest absolute Gasteiger partial charge is 0.462 e. The van der Waals surface area contributed by atoms with E-state index in [0.29, 0.717) is 23.5 Å². The fourth-order valence-corrected chi connectivity index (χ4v) is 3.15. The Hall–Kier alpha value is -4.35. The monoisotopic (exact) mass is 545 g/mol. The van der Waals surface area contributed by atoms with E-state index in [1.165, 1.54) is 12.1 Å². The molecule has 9 nitrogen and oxygen atoms in total. The fraction of sp³-hybridized carbons (Fsp3) is 0.333. The second-order valence-electron chi connectivity index (χ2n) is 10.5. The first-order chi connectivity index (χ1) is 18.0. The summed E-state index contributed by atoms with van der Waals surface area (Å²) in [4.78, 5) is 29.3. The topological polar surface area (TPSA) is 111 Å². The molecule has 0 aliphatic carbocycles. The van der Waals surface area contributed by atoms with Crippen molar-refractivity contribution in [3.05, 3.63) is 60.6 Å². The van der Waals surface area contributed by atoms with Gasteiger partial charge in [0.1, 0.15) is 17.0 Å². The maximum Gasteiger partial charge on any atom is 0.435 e. The predicted molar refractivity (Wildman–Crippen MR) is 141 cm³/mol. The van der Waals surface area contributed by atoms with Gasteiger partial charge in [0.25, 0.3) is 6.47 Å². The molecule has 0 saturated carbocycles. The third-order valence-corrected chi connectivity index (χ3v) is 4.86. The van der Waals surface area contributed by atoms with Crippen LogP contribution >= 0.6 is 0 Å². The molecule has 1 aromatic carbocycles. The number of fused-ring (bicyclic) bond motifs is 1. The number of H-pyrrole nitrogens is 1. The summed E-state index contributed by atoms with van der Waals surface area (Å²) in [5.74, 6) is 0.468. The van der Waals surface area contributed by atoms with Crippen molar-refractivity contribution in [3.63, 3.8) is 0 Å². The molecule has 3 heterocycles. The normalized spacial score (nSPS) is 11.9. The number of carbonyl (C=O) groups is 2. The highest BCUT2D eigenvalue weighted by atomic mass is 19.4. The Bertz CT molecular complexity index is 1430. The summed E-state index contributed by atoms with van der Waals surface area (Å²) in [7, 11) is 0. The Kier molecular flexibility index (Phi) is 8.37. The molecule has 4 aromatic rings. The number of halogens is 3. The standard InChI is InChI=1S/C22H20F3N5O2.C5H10O2/c1-21(2,3)32-20(31)30-12-14(11-27-30)17-8-13-10-26-19(9-18(13)29-17)28-16-6-4-15(5-7-16)22(23,24)25;1-5(2,3)7-4-6/h4-12,29H,1-3H3,(H,26,28);4H,1-3H3. The zero-order valence-electron chi connectivity index (χ0n) is 22.4. The highest BCUT2D eigenvalue weighted by Crippen LogP contribution is 2.31. The van der Waals surface area contributed by atoms with Crippen LogP contribution in [0.3, 0.4) is 0 Å². The van der Waals surface area contributed by atoms with Gasteiger partial charge in [-0.25, -0.2) is 9.78 Å². The molecular weight excluding hydrogens is 515 g/mol. The van der Waals surface area contributed by atoms with Crippen molar-refractivity contribution in [2.24, 2.45) is 0 Å². The molecule has 2 N–H and O–H groups in total. The van der Waals surface area contributed by atoms with Crippen molar-refractivity contribution < 1.29 is 32.2 Å². The molecule has 39 heavy (non-hydrogen) atoms. The van der Waals surface area contributed by atoms with Crippen LogP contribution in [0, 0.1) is 0 Å². The van der Waals surface area contributed by atoms with Gasteiger partial charge in [-0.3, -0.25) is 4.79 Å². The van der Waals surface area contributed by atoms with Gasteiger partial charge in [-0.05, 0) is 71.9 Å². The van der Waals surface area contributed by atoms with Crippen LogP contribution in [-0.4, -0.2) is 43.5 Å². The number of ether oxygens (including phenoxy) is 2. The second kappa shape index (κ2) is 11.2. The van der Waals surface area contributed by atoms with E-state index in [2.05, 4.69) is 25.1 Å². The summed E-state index contributed by atoms with van der Waals surface area (Å²) in [6.45, 7) is 11.2. The minimum atomic E-state index is -4.38. The molecule has 0 atom stereocenters. The first-order valence-electron chi connectivity index (χ1n) is 11.9. The molecule has 208 valence electrons. The first kappa shape index (κ1) is 29.2. The van der Waals surface area contributed by atoms with Gasteiger partial charge in [-0.1, -0.05) is 0 Å². The van der Waals surface area contributed by atoms with Crippen LogP contribution in [0.25, 0.3) is 22.2 Å². The lowest BCUT2D eigenvalue weighted by Gasteiger charge is -2.18. The molecule has 0 bridgehead atoms. The molecule has 0 spiro atoms. The number of aromatic amines is 1. The van der Waals surface area contributed by atoms with E-state index in [9.17, 15) is 22.8 Å². The first-order valence-corrected chi connectivity index (χ1v) is 11.9. The molecule has 0 radical (unpaired) electrons. The third kappa shape index (κ3) is 8.59. The Balaban J connectivity index is 0.000000532. The number of aromatic nitrogens is 4. The summed E-state index contributed by atoms with van der Waals surface area (Å²) in [6.07, 6.45) is -0.213. The number of carbonyl (C=O) groups excluding carboxylic acids is 2. The molecule has 0 aliphatic heterocycles. The lowest BCUT2D eigenvalue weighted by molar-refractivity contribution is -0.139. The van der Waals surface area contributed by atoms with Crippen molar-refractivity contribution in [2.75, 3.05) is 5.32 Å². The molecule has 0 aliphatic rings. The maximum atomic E-state index is 12.7. The molecule has 0 unspecified atom stereocenters. The molecule has 0 saturated heterocycles. The zero-order chi connectivity index (χ0) is 29.0. The Morgan fingerprint density at radius 3 is 2.21 bits per heavy atom. The number of pyridine rings is 1. The van der Waals surface area contributed by atoms with E-state index in [-0.39, 0.29) is 5.60 Å². The van der Waals surface area contributed by atoms with Crippen molar-refractivity contribution in [1.82, 2.24) is 19.7 Å². The average molecular weight is 546 g/mol. The molecular formula is C27H30F3N5O4. The van der Waals surface area contributed by atoms with Crippen LogP contribution in [0.1, 0.15) is 47.1 Å². The number of alkyl halides is 3. The van der Waals surface area contributed by atoms with E-state index in [1.807, 2.05) is 26.8 Å². The van der Waals surface area contributed by atoms with Crippen molar-refractivity contribution in [2.45, 2.75) is 58.9 Å². The minimum absolute atomic E-state index is 0.318. The quantitative estimate of drug-likeness (QED) is 0.268. The Morgan fingerprint density at radius 1 is 1.00 bits per heavy atom. The Labute approximate surface area is 223 Å². The van der Waals surface area contributed by atoms with Crippen LogP contribution in [-0.2, 0) is 20.4 Å². The van der Waals surface area contributed by atoms with Crippen LogP contribution < -0.4 is 5.32 Å². The SMILES string of the molecule is CC(C)(C)OC(=O)n1cc(-c2cc3cnc(Nc4ccc(C(F)(F)F)cc4)cc3[nH]2)cn1.CC(C)(C)OC=O. The third-order valence-electron chi connectivity index (χ3n) is 4.86. The molecule has 12 heteroatoms. The summed E-state index contributed by atoms with van der Waals surface area (Å²) in [5.41, 5.74) is 0.985. The number of rotatable bonds is 4. The molecule has 4 rings (SSSR count). The highest BCUT2D eigenvalue weighted by molar-refractivity contribution is 5.87. The minimum Gasteiger partial charge on any atom is -0.462 e. The van der Waals surface area contributed by atoms with E-state index < -0.39 is 23.4 Å². The van der Waals surface area contributed by atoms with Crippen molar-refractivity contribution >= 4 is 35.0 Å². The molecule has 3 aromatic heterocycles. The smallest absolute Gasteiger partial charge is 0.435 e. The summed E-state index contributed by atoms with van der Waals surface area (Å²) in [6, 6.07) is 8.32. The van der Waals surface area contributed by atoms with Gasteiger partial charge in [0, 0.05) is 40.8 Å². The van der Waals surface area contributed by atoms with Crippen LogP contribution in [0.2, 0.25) is 0 Å². The fourth-order valence-electron chi connectivity index (χ4n) is 3.15. The summed E-state index contributed by atoms with van der Waals surface area (Å²) in [5, 5.41) is 7.87. The van der Waals surface area contributed by atoms with Crippen molar-refractivity contribution in [1.29, 1.82) is 0 Å². The van der Waals surface area contributed by atoms with E-state index in [0.717, 1.165) is 33.4 Å². The summed E-state index contributed by atoms with van der Waals surface area (Å²) >= 11 is 0. The molecule has 0 fully saturated rings. The van der Waals surface area contributed by atoms with Gasteiger partial charge in [-0.15, -0.1) is 0 Å². The number of nitrogens with one attached hydrogen (secondary N) is 2. The maximum absolute atomic E-state index is 12.7. The molecule has 0 amide bonds. The Morgan fingerprint density at radius 2 is 1.67 bits per heavy atom. The van der Waals surface area contributed by atoms with Gasteiger partial charge in [0.05, 0.1) is 17.3 Å². The number of hydrogen-bond donors (Lipinski definition) is 2. The van der Waals surface area contributed by atoms with Gasteiger partial charge in [-0.2, -0.15) is 23.0 Å². The number of benzene rings is 1. The van der Waals surface area contributed by atoms with E-state index >= 15 is 0 Å². The van der Waals surface area contributed by atoms with Crippen LogP contribution in [0.15, 0.2) is 55.0 Å². The summed E-state index contributed by atoms with van der Waals surface area (Å²) < 4.78 is 49.1. The number of nitrogens with zero attached hydrogens (tertiary/aromatic N) is 3. The van der Waals surface area contributed by atoms with Gasteiger partial charge < -0.3 is 19.8 Å². The number of anilines is 2. The highest BCUT2D eigenvalue weighted by Gasteiger charge is 2.30.